The standard InChI is InChI=1S/C12H15N5/c1-13-12-9-4-3-5-10(9)15-11(16-12)8-6-14-17(2)7-8/h6-7H,3-5H2,1-2H3,(H,13,15,16). The van der Waals surface area contributed by atoms with Gasteiger partial charge in [0.15, 0.2) is 5.82 Å². The molecule has 0 unspecified atom stereocenters. The first-order valence-corrected chi connectivity index (χ1v) is 5.84. The van der Waals surface area contributed by atoms with Crippen LogP contribution in [0.4, 0.5) is 5.82 Å². The van der Waals surface area contributed by atoms with Crippen molar-refractivity contribution in [3.8, 4) is 11.4 Å². The summed E-state index contributed by atoms with van der Waals surface area (Å²) >= 11 is 0. The van der Waals surface area contributed by atoms with Gasteiger partial charge in [0.05, 0.1) is 11.8 Å². The van der Waals surface area contributed by atoms with Crippen LogP contribution in [-0.2, 0) is 19.9 Å². The second-order valence-electron chi connectivity index (χ2n) is 4.33. The summed E-state index contributed by atoms with van der Waals surface area (Å²) in [5.74, 6) is 1.73. The predicted octanol–water partition coefficient (Wildman–Crippen LogP) is 1.41. The Morgan fingerprint density at radius 3 is 2.88 bits per heavy atom. The molecule has 0 saturated carbocycles. The Morgan fingerprint density at radius 1 is 1.29 bits per heavy atom. The molecule has 0 spiro atoms. The fourth-order valence-corrected chi connectivity index (χ4v) is 2.31. The molecule has 0 aliphatic heterocycles. The molecule has 5 nitrogen and oxygen atoms in total. The highest BCUT2D eigenvalue weighted by atomic mass is 15.2. The smallest absolute Gasteiger partial charge is 0.164 e. The molecule has 0 bridgehead atoms. The summed E-state index contributed by atoms with van der Waals surface area (Å²) in [4.78, 5) is 9.21. The van der Waals surface area contributed by atoms with E-state index < -0.39 is 0 Å². The zero-order valence-corrected chi connectivity index (χ0v) is 10.1. The van der Waals surface area contributed by atoms with Crippen LogP contribution in [0, 0.1) is 0 Å². The Kier molecular flexibility index (Phi) is 2.31. The quantitative estimate of drug-likeness (QED) is 0.846. The van der Waals surface area contributed by atoms with Crippen LogP contribution >= 0.6 is 0 Å². The first-order chi connectivity index (χ1) is 8.28. The molecule has 1 aliphatic rings. The van der Waals surface area contributed by atoms with E-state index in [1.165, 1.54) is 17.7 Å². The Morgan fingerprint density at radius 2 is 2.18 bits per heavy atom. The van der Waals surface area contributed by atoms with Gasteiger partial charge in [0.1, 0.15) is 5.82 Å². The first kappa shape index (κ1) is 10.3. The highest BCUT2D eigenvalue weighted by Crippen LogP contribution is 2.28. The molecular weight excluding hydrogens is 214 g/mol. The fourth-order valence-electron chi connectivity index (χ4n) is 2.31. The van der Waals surface area contributed by atoms with Gasteiger partial charge in [-0.1, -0.05) is 0 Å². The van der Waals surface area contributed by atoms with E-state index in [1.807, 2.05) is 20.3 Å². The molecule has 5 heteroatoms. The zero-order chi connectivity index (χ0) is 11.8. The lowest BCUT2D eigenvalue weighted by atomic mass is 10.2. The number of nitrogens with zero attached hydrogens (tertiary/aromatic N) is 4. The van der Waals surface area contributed by atoms with E-state index in [1.54, 1.807) is 10.9 Å². The third-order valence-electron chi connectivity index (χ3n) is 3.13. The third kappa shape index (κ3) is 1.67. The third-order valence-corrected chi connectivity index (χ3v) is 3.13. The molecule has 0 radical (unpaired) electrons. The lowest BCUT2D eigenvalue weighted by molar-refractivity contribution is 0.768. The number of hydrogen-bond acceptors (Lipinski definition) is 4. The maximum atomic E-state index is 4.64. The lowest BCUT2D eigenvalue weighted by Crippen LogP contribution is -2.03. The summed E-state index contributed by atoms with van der Waals surface area (Å²) < 4.78 is 1.77. The molecule has 1 N–H and O–H groups in total. The molecule has 2 aromatic rings. The van der Waals surface area contributed by atoms with Gasteiger partial charge < -0.3 is 5.32 Å². The van der Waals surface area contributed by atoms with E-state index in [-0.39, 0.29) is 0 Å². The normalized spacial score (nSPS) is 13.8. The van der Waals surface area contributed by atoms with E-state index in [4.69, 9.17) is 0 Å². The van der Waals surface area contributed by atoms with E-state index >= 15 is 0 Å². The lowest BCUT2D eigenvalue weighted by Gasteiger charge is -2.08. The van der Waals surface area contributed by atoms with Crippen molar-refractivity contribution in [3.05, 3.63) is 23.7 Å². The van der Waals surface area contributed by atoms with Crippen molar-refractivity contribution in [2.75, 3.05) is 12.4 Å². The van der Waals surface area contributed by atoms with Crippen molar-refractivity contribution in [1.82, 2.24) is 19.7 Å². The number of anilines is 1. The van der Waals surface area contributed by atoms with Gasteiger partial charge in [-0.3, -0.25) is 4.68 Å². The van der Waals surface area contributed by atoms with Crippen LogP contribution in [0.25, 0.3) is 11.4 Å². The van der Waals surface area contributed by atoms with E-state index in [0.29, 0.717) is 0 Å². The average Bonchev–Trinajstić information content (AvgIpc) is 2.95. The molecule has 0 atom stereocenters. The van der Waals surface area contributed by atoms with Crippen LogP contribution in [0.1, 0.15) is 17.7 Å². The number of hydrogen-bond donors (Lipinski definition) is 1. The monoisotopic (exact) mass is 229 g/mol. The van der Waals surface area contributed by atoms with Crippen LogP contribution < -0.4 is 5.32 Å². The van der Waals surface area contributed by atoms with Crippen LogP contribution in [0.3, 0.4) is 0 Å². The molecule has 0 amide bonds. The summed E-state index contributed by atoms with van der Waals surface area (Å²) in [6.07, 6.45) is 7.06. The van der Waals surface area contributed by atoms with E-state index in [2.05, 4.69) is 20.4 Å². The molecule has 0 fully saturated rings. The summed E-state index contributed by atoms with van der Waals surface area (Å²) in [6, 6.07) is 0. The van der Waals surface area contributed by atoms with Gasteiger partial charge in [0, 0.05) is 31.5 Å². The number of aromatic nitrogens is 4. The Bertz CT molecular complexity index is 558. The maximum Gasteiger partial charge on any atom is 0.164 e. The molecule has 1 aliphatic carbocycles. The van der Waals surface area contributed by atoms with Gasteiger partial charge in [0.25, 0.3) is 0 Å². The first-order valence-electron chi connectivity index (χ1n) is 5.84. The summed E-state index contributed by atoms with van der Waals surface area (Å²) in [7, 11) is 3.81. The van der Waals surface area contributed by atoms with Crippen molar-refractivity contribution >= 4 is 5.82 Å². The van der Waals surface area contributed by atoms with Gasteiger partial charge >= 0.3 is 0 Å². The van der Waals surface area contributed by atoms with E-state index in [0.717, 1.165) is 30.0 Å². The number of fused-ring (bicyclic) bond motifs is 1. The molecule has 17 heavy (non-hydrogen) atoms. The minimum absolute atomic E-state index is 0.767. The number of rotatable bonds is 2. The summed E-state index contributed by atoms with van der Waals surface area (Å²) in [5.41, 5.74) is 3.43. The van der Waals surface area contributed by atoms with Gasteiger partial charge in [0.2, 0.25) is 0 Å². The van der Waals surface area contributed by atoms with Crippen molar-refractivity contribution in [1.29, 1.82) is 0 Å². The van der Waals surface area contributed by atoms with Crippen molar-refractivity contribution < 1.29 is 0 Å². The molecular formula is C12H15N5. The summed E-state index contributed by atoms with van der Waals surface area (Å²) in [6.45, 7) is 0. The van der Waals surface area contributed by atoms with Crippen LogP contribution in [0.5, 0.6) is 0 Å². The molecule has 88 valence electrons. The second-order valence-corrected chi connectivity index (χ2v) is 4.33. The van der Waals surface area contributed by atoms with Crippen LogP contribution in [0.15, 0.2) is 12.4 Å². The highest BCUT2D eigenvalue weighted by molar-refractivity contribution is 5.59. The van der Waals surface area contributed by atoms with E-state index in [9.17, 15) is 0 Å². The molecule has 0 aromatic carbocycles. The topological polar surface area (TPSA) is 55.6 Å². The molecule has 3 rings (SSSR count). The van der Waals surface area contributed by atoms with Crippen molar-refractivity contribution in [2.24, 2.45) is 7.05 Å². The van der Waals surface area contributed by atoms with Crippen molar-refractivity contribution in [3.63, 3.8) is 0 Å². The SMILES string of the molecule is CNc1nc(-c2cnn(C)c2)nc2c1CCC2. The van der Waals surface area contributed by atoms with Crippen LogP contribution in [-0.4, -0.2) is 26.8 Å². The minimum atomic E-state index is 0.767. The number of nitrogens with one attached hydrogen (secondary N) is 1. The van der Waals surface area contributed by atoms with Gasteiger partial charge in [-0.05, 0) is 19.3 Å². The van der Waals surface area contributed by atoms with Gasteiger partial charge in [-0.25, -0.2) is 9.97 Å². The predicted molar refractivity (Wildman–Crippen MR) is 65.8 cm³/mol. The Labute approximate surface area is 99.9 Å². The van der Waals surface area contributed by atoms with Crippen molar-refractivity contribution in [2.45, 2.75) is 19.3 Å². The van der Waals surface area contributed by atoms with Gasteiger partial charge in [-0.15, -0.1) is 0 Å². The van der Waals surface area contributed by atoms with Crippen LogP contribution in [0.2, 0.25) is 0 Å². The Hall–Kier alpha value is -1.91. The maximum absolute atomic E-state index is 4.64. The fraction of sp³-hybridized carbons (Fsp3) is 0.417. The van der Waals surface area contributed by atoms with Gasteiger partial charge in [-0.2, -0.15) is 5.10 Å². The molecule has 2 heterocycles. The highest BCUT2D eigenvalue weighted by Gasteiger charge is 2.19. The number of aryl methyl sites for hydroxylation is 2. The second kappa shape index (κ2) is 3.84. The summed E-state index contributed by atoms with van der Waals surface area (Å²) in [5, 5.41) is 7.32. The minimum Gasteiger partial charge on any atom is -0.373 e. The average molecular weight is 229 g/mol. The zero-order valence-electron chi connectivity index (χ0n) is 10.1. The molecule has 0 saturated heterocycles. The molecule has 2 aromatic heterocycles. The Balaban J connectivity index is 2.12. The largest absolute Gasteiger partial charge is 0.373 e.